The van der Waals surface area contributed by atoms with Crippen LogP contribution in [-0.4, -0.2) is 58.9 Å². The molecule has 0 bridgehead atoms. The summed E-state index contributed by atoms with van der Waals surface area (Å²) < 4.78 is 0.615. The Labute approximate surface area is 225 Å². The van der Waals surface area contributed by atoms with Crippen molar-refractivity contribution in [2.45, 2.75) is 84.5 Å². The van der Waals surface area contributed by atoms with Crippen molar-refractivity contribution >= 4 is 11.6 Å². The number of nitrogens with zero attached hydrogens (tertiary/aromatic N) is 4. The largest absolute Gasteiger partial charge is 1.00 e. The topological polar surface area (TPSA) is 119 Å². The van der Waals surface area contributed by atoms with Gasteiger partial charge >= 0.3 is 57.2 Å². The van der Waals surface area contributed by atoms with Gasteiger partial charge in [0.15, 0.2) is 5.54 Å². The molecule has 0 saturated carbocycles. The Morgan fingerprint density at radius 1 is 0.903 bits per heavy atom. The van der Waals surface area contributed by atoms with Crippen LogP contribution in [0.3, 0.4) is 0 Å². The number of hydrogen-bond acceptors (Lipinski definition) is 8. The third-order valence-electron chi connectivity index (χ3n) is 7.54. The minimum Gasteiger partial charge on any atom is -0.757 e. The summed E-state index contributed by atoms with van der Waals surface area (Å²) in [5, 5.41) is 51.9. The first kappa shape index (κ1) is 26.5. The van der Waals surface area contributed by atoms with Gasteiger partial charge in [0.2, 0.25) is 5.78 Å². The zero-order chi connectivity index (χ0) is 23.2. The van der Waals surface area contributed by atoms with Gasteiger partial charge in [-0.05, 0) is 80.0 Å². The number of hydrogen-bond donors (Lipinski definition) is 1. The summed E-state index contributed by atoms with van der Waals surface area (Å²) in [4.78, 5) is 13.4. The monoisotopic (exact) mass is 457 g/mol. The average Bonchev–Trinajstić information content (AvgIpc) is 2.82. The fourth-order valence-electron chi connectivity index (χ4n) is 3.78. The van der Waals surface area contributed by atoms with Crippen LogP contribution in [0.15, 0.2) is 34.7 Å². The summed E-state index contributed by atoms with van der Waals surface area (Å²) in [6.07, 6.45) is 2.96. The molecule has 0 amide bonds. The fourth-order valence-corrected chi connectivity index (χ4v) is 3.78. The van der Waals surface area contributed by atoms with E-state index in [4.69, 9.17) is 0 Å². The second kappa shape index (κ2) is 7.66. The Balaban J connectivity index is 0.00000341. The zero-order valence-electron chi connectivity index (χ0n) is 20.0. The number of allylic oxidation sites excluding steroid dienone is 4. The molecule has 0 spiro atoms. The predicted molar refractivity (Wildman–Crippen MR) is 113 cm³/mol. The van der Waals surface area contributed by atoms with E-state index < -0.39 is 27.9 Å². The molecular weight excluding hydrogens is 427 g/mol. The molecule has 9 nitrogen and oxygen atoms in total. The number of ketones is 1. The maximum atomic E-state index is 13.4. The number of carbonyl (C=O) groups is 1. The molecule has 0 aromatic heterocycles. The molecular formula is C21H30KN4O5-. The van der Waals surface area contributed by atoms with Crippen molar-refractivity contribution in [2.24, 2.45) is 0 Å². The van der Waals surface area contributed by atoms with E-state index in [1.165, 1.54) is 12.2 Å². The second-order valence-electron chi connectivity index (χ2n) is 10.3. The molecule has 0 unspecified atom stereocenters. The zero-order valence-corrected chi connectivity index (χ0v) is 23.1. The molecule has 3 aliphatic rings. The summed E-state index contributed by atoms with van der Waals surface area (Å²) in [5.74, 6) is -1.15. The van der Waals surface area contributed by atoms with Crippen LogP contribution < -0.4 is 51.4 Å². The Kier molecular flexibility index (Phi) is 6.56. The number of hydroxylamine groups is 7. The van der Waals surface area contributed by atoms with Gasteiger partial charge in [0.05, 0.1) is 11.4 Å². The maximum absolute atomic E-state index is 13.4. The number of carbonyl (C=O) groups excluding carboxylic acids is 1. The predicted octanol–water partition coefficient (Wildman–Crippen LogP) is -0.00140. The molecule has 0 aromatic carbocycles. The standard InChI is InChI=1S/C21H30N4O5.K/c1-12-10-13(16-22(27)18(2,3)19(4,5)23(16)28)15(26)14(11-12)17-24(29)20(6,7)21(8,9)25(17)30;/h10-11,27H,1-9H3;/q-2;+1. The average molecular weight is 458 g/mol. The van der Waals surface area contributed by atoms with Crippen molar-refractivity contribution in [3.63, 3.8) is 0 Å². The van der Waals surface area contributed by atoms with E-state index in [1.807, 2.05) is 0 Å². The fraction of sp³-hybridized carbons (Fsp3) is 0.619. The van der Waals surface area contributed by atoms with Crippen LogP contribution >= 0.6 is 0 Å². The van der Waals surface area contributed by atoms with Gasteiger partial charge in [0.25, 0.3) is 0 Å². The van der Waals surface area contributed by atoms with E-state index >= 15 is 0 Å². The van der Waals surface area contributed by atoms with Crippen molar-refractivity contribution in [2.75, 3.05) is 0 Å². The summed E-state index contributed by atoms with van der Waals surface area (Å²) in [6.45, 7) is 15.0. The first-order valence-corrected chi connectivity index (χ1v) is 9.90. The summed E-state index contributed by atoms with van der Waals surface area (Å²) in [5.41, 5.74) is -3.76. The molecule has 10 heteroatoms. The molecule has 0 aromatic rings. The molecule has 2 heterocycles. The second-order valence-corrected chi connectivity index (χ2v) is 10.3. The molecule has 1 aliphatic carbocycles. The molecule has 0 atom stereocenters. The van der Waals surface area contributed by atoms with Gasteiger partial charge < -0.3 is 25.7 Å². The third kappa shape index (κ3) is 3.30. The first-order valence-electron chi connectivity index (χ1n) is 9.90. The molecule has 1 fully saturated rings. The normalized spacial score (nSPS) is 26.3. The van der Waals surface area contributed by atoms with Crippen LogP contribution in [0.25, 0.3) is 0 Å². The van der Waals surface area contributed by atoms with E-state index in [1.54, 1.807) is 62.3 Å². The Hall–Kier alpha value is -0.724. The van der Waals surface area contributed by atoms with Gasteiger partial charge in [-0.2, -0.15) is 0 Å². The van der Waals surface area contributed by atoms with Crippen LogP contribution in [0.5, 0.6) is 0 Å². The van der Waals surface area contributed by atoms with Crippen LogP contribution in [0.2, 0.25) is 0 Å². The van der Waals surface area contributed by atoms with Gasteiger partial charge in [-0.25, -0.2) is 5.21 Å². The Morgan fingerprint density at radius 3 is 1.74 bits per heavy atom. The van der Waals surface area contributed by atoms with Gasteiger partial charge in [-0.1, -0.05) is 0 Å². The molecule has 1 N–H and O–H groups in total. The van der Waals surface area contributed by atoms with Crippen LogP contribution in [0.1, 0.15) is 62.3 Å². The van der Waals surface area contributed by atoms with Crippen LogP contribution in [0.4, 0.5) is 0 Å². The van der Waals surface area contributed by atoms with Crippen molar-refractivity contribution in [1.82, 2.24) is 15.2 Å². The first-order chi connectivity index (χ1) is 13.4. The smallest absolute Gasteiger partial charge is 0.757 e. The van der Waals surface area contributed by atoms with Crippen molar-refractivity contribution < 1.29 is 66.1 Å². The van der Waals surface area contributed by atoms with Crippen LogP contribution in [-0.2, 0) is 4.79 Å². The Morgan fingerprint density at radius 2 is 1.35 bits per heavy atom. The van der Waals surface area contributed by atoms with E-state index in [0.717, 1.165) is 5.06 Å². The third-order valence-corrected chi connectivity index (χ3v) is 7.54. The number of Topliss-reactive ketones (excluding diaryl/α,β-unsaturated/α-hetero) is 1. The van der Waals surface area contributed by atoms with Gasteiger partial charge in [0, 0.05) is 11.1 Å². The number of amidine groups is 1. The quantitative estimate of drug-likeness (QED) is 0.253. The molecule has 2 aliphatic heterocycles. The molecule has 3 rings (SSSR count). The van der Waals surface area contributed by atoms with Crippen molar-refractivity contribution in [1.29, 1.82) is 0 Å². The van der Waals surface area contributed by atoms with Crippen molar-refractivity contribution in [3.8, 4) is 0 Å². The molecule has 0 radical (unpaired) electrons. The van der Waals surface area contributed by atoms with Crippen LogP contribution in [0, 0.1) is 15.6 Å². The summed E-state index contributed by atoms with van der Waals surface area (Å²) in [6, 6.07) is 0. The van der Waals surface area contributed by atoms with E-state index in [2.05, 4.69) is 0 Å². The molecule has 1 saturated heterocycles. The SMILES string of the molecule is CC1=CC(=C2N([O-])C(C)(C)C(C)(C)N2[O-])C(=O)C(C2=[N+]([O-])C(C)(C)C(C)(C)N2O)=C1.[K+]. The summed E-state index contributed by atoms with van der Waals surface area (Å²) in [7, 11) is 0. The maximum Gasteiger partial charge on any atom is 1.00 e. The van der Waals surface area contributed by atoms with Gasteiger partial charge in [0.1, 0.15) is 11.1 Å². The molecule has 166 valence electrons. The Bertz CT molecular complexity index is 937. The molecule has 31 heavy (non-hydrogen) atoms. The number of rotatable bonds is 1. The minimum absolute atomic E-state index is 0. The summed E-state index contributed by atoms with van der Waals surface area (Å²) >= 11 is 0. The van der Waals surface area contributed by atoms with E-state index in [0.29, 0.717) is 20.4 Å². The van der Waals surface area contributed by atoms with E-state index in [9.17, 15) is 25.6 Å². The minimum atomic E-state index is -1.08. The van der Waals surface area contributed by atoms with Crippen molar-refractivity contribution in [3.05, 3.63) is 50.3 Å². The van der Waals surface area contributed by atoms with E-state index in [-0.39, 0.29) is 74.2 Å². The van der Waals surface area contributed by atoms with Gasteiger partial charge in [-0.15, -0.1) is 5.06 Å². The van der Waals surface area contributed by atoms with Gasteiger partial charge in [-0.3, -0.25) is 9.53 Å².